The summed E-state index contributed by atoms with van der Waals surface area (Å²) >= 11 is 0. The van der Waals surface area contributed by atoms with Crippen LogP contribution in [0.4, 0.5) is 34.1 Å². The van der Waals surface area contributed by atoms with Crippen molar-refractivity contribution in [2.45, 2.75) is 50.4 Å². The summed E-state index contributed by atoms with van der Waals surface area (Å²) in [6.07, 6.45) is 4.29. The second kappa shape index (κ2) is 13.5. The maximum atomic E-state index is 2.59. The second-order valence-electron chi connectivity index (χ2n) is 16.9. The zero-order valence-electron chi connectivity index (χ0n) is 33.2. The quantitative estimate of drug-likeness (QED) is 0.160. The van der Waals surface area contributed by atoms with Crippen LogP contribution < -0.4 is 9.80 Å². The summed E-state index contributed by atoms with van der Waals surface area (Å²) in [5, 5.41) is 0. The lowest BCUT2D eigenvalue weighted by atomic mass is 9.74. The summed E-state index contributed by atoms with van der Waals surface area (Å²) in [7, 11) is 0. The van der Waals surface area contributed by atoms with Gasteiger partial charge in [-0.2, -0.15) is 0 Å². The van der Waals surface area contributed by atoms with Gasteiger partial charge in [-0.15, -0.1) is 0 Å². The smallest absolute Gasteiger partial charge is 0.0505 e. The Morgan fingerprint density at radius 2 is 0.862 bits per heavy atom. The van der Waals surface area contributed by atoms with E-state index in [9.17, 15) is 0 Å². The Labute approximate surface area is 342 Å². The van der Waals surface area contributed by atoms with Gasteiger partial charge in [0.1, 0.15) is 0 Å². The molecule has 8 aromatic rings. The number of aryl methyl sites for hydroxylation is 2. The van der Waals surface area contributed by atoms with Crippen molar-refractivity contribution in [2.24, 2.45) is 0 Å². The maximum absolute atomic E-state index is 2.59. The molecular formula is C56H46N2. The molecule has 0 radical (unpaired) electrons. The highest BCUT2D eigenvalue weighted by atomic mass is 15.2. The molecule has 0 heterocycles. The molecule has 0 saturated carbocycles. The molecule has 1 spiro atoms. The first-order valence-corrected chi connectivity index (χ1v) is 20.9. The molecule has 3 aliphatic carbocycles. The molecule has 0 fully saturated rings. The molecule has 0 N–H and O–H groups in total. The van der Waals surface area contributed by atoms with Crippen LogP contribution in [-0.2, 0) is 23.7 Å². The summed E-state index contributed by atoms with van der Waals surface area (Å²) in [4.78, 5) is 5.08. The summed E-state index contributed by atoms with van der Waals surface area (Å²) in [5.41, 5.74) is 20.8. The van der Waals surface area contributed by atoms with Crippen LogP contribution in [0.1, 0.15) is 60.1 Å². The fourth-order valence-electron chi connectivity index (χ4n) is 10.8. The van der Waals surface area contributed by atoms with E-state index in [-0.39, 0.29) is 10.8 Å². The standard InChI is InChI=1S/C56H46N2/c1-55(2)49-28-13-12-27-47(49)48-32-31-46(38-50(48)55)58(45-26-14-21-42(37-45)39-17-6-3-7-18-39)52-30-16-20-41-34-36-56(54(41)52)35-33-40-19-15-29-51(53(40)56)57(43-22-8-4-9-23-43)44-24-10-5-11-25-44/h3-32,37-38H,33-36H2,1-2H3/t56-/m1/s1. The Kier molecular flexibility index (Phi) is 8.05. The first-order chi connectivity index (χ1) is 28.5. The van der Waals surface area contributed by atoms with E-state index in [0.717, 1.165) is 25.7 Å². The third-order valence-electron chi connectivity index (χ3n) is 13.4. The average molecular weight is 747 g/mol. The van der Waals surface area contributed by atoms with Gasteiger partial charge in [-0.05, 0) is 142 Å². The van der Waals surface area contributed by atoms with Gasteiger partial charge < -0.3 is 9.80 Å². The summed E-state index contributed by atoms with van der Waals surface area (Å²) < 4.78 is 0. The molecule has 0 aromatic heterocycles. The first kappa shape index (κ1) is 34.6. The topological polar surface area (TPSA) is 6.48 Å². The Morgan fingerprint density at radius 1 is 0.379 bits per heavy atom. The highest BCUT2D eigenvalue weighted by Crippen LogP contribution is 2.60. The number of nitrogens with zero attached hydrogens (tertiary/aromatic N) is 2. The number of hydrogen-bond acceptors (Lipinski definition) is 2. The van der Waals surface area contributed by atoms with E-state index in [4.69, 9.17) is 0 Å². The molecule has 0 aliphatic heterocycles. The van der Waals surface area contributed by atoms with Gasteiger partial charge in [-0.25, -0.2) is 0 Å². The average Bonchev–Trinajstić information content (AvgIpc) is 3.93. The zero-order chi connectivity index (χ0) is 38.8. The largest absolute Gasteiger partial charge is 0.310 e. The molecule has 11 rings (SSSR count). The number of rotatable bonds is 7. The SMILES string of the molecule is CC1(C)c2ccccc2-c2ccc(N(c3cccc(-c4ccccc4)c3)c3cccc4c3[C@]3(CCc5cccc(N(c6ccccc6)c6ccccc6)c53)CC4)cc21. The van der Waals surface area contributed by atoms with Gasteiger partial charge in [0.25, 0.3) is 0 Å². The zero-order valence-corrected chi connectivity index (χ0v) is 33.2. The molecule has 0 amide bonds. The van der Waals surface area contributed by atoms with E-state index < -0.39 is 0 Å². The van der Waals surface area contributed by atoms with Crippen LogP contribution in [0.5, 0.6) is 0 Å². The van der Waals surface area contributed by atoms with Crippen LogP contribution >= 0.6 is 0 Å². The van der Waals surface area contributed by atoms with Crippen molar-refractivity contribution in [3.63, 3.8) is 0 Å². The molecule has 3 aliphatic rings. The van der Waals surface area contributed by atoms with Gasteiger partial charge in [0.05, 0.1) is 11.4 Å². The van der Waals surface area contributed by atoms with Crippen LogP contribution in [0.25, 0.3) is 22.3 Å². The van der Waals surface area contributed by atoms with Gasteiger partial charge in [0.2, 0.25) is 0 Å². The van der Waals surface area contributed by atoms with E-state index in [1.165, 1.54) is 89.8 Å². The predicted molar refractivity (Wildman–Crippen MR) is 243 cm³/mol. The molecule has 58 heavy (non-hydrogen) atoms. The molecular weight excluding hydrogens is 701 g/mol. The lowest BCUT2D eigenvalue weighted by Crippen LogP contribution is -2.27. The number of anilines is 6. The van der Waals surface area contributed by atoms with Crippen LogP contribution in [0.15, 0.2) is 194 Å². The van der Waals surface area contributed by atoms with Crippen molar-refractivity contribution >= 4 is 34.1 Å². The molecule has 0 unspecified atom stereocenters. The molecule has 0 saturated heterocycles. The van der Waals surface area contributed by atoms with Gasteiger partial charge >= 0.3 is 0 Å². The van der Waals surface area contributed by atoms with Gasteiger partial charge in [0.15, 0.2) is 0 Å². The molecule has 280 valence electrons. The van der Waals surface area contributed by atoms with Crippen molar-refractivity contribution in [3.05, 3.63) is 228 Å². The molecule has 1 atom stereocenters. The first-order valence-electron chi connectivity index (χ1n) is 20.9. The normalized spacial score (nSPS) is 16.7. The third kappa shape index (κ3) is 5.32. The van der Waals surface area contributed by atoms with Crippen molar-refractivity contribution in [1.82, 2.24) is 0 Å². The van der Waals surface area contributed by atoms with Crippen LogP contribution in [0.3, 0.4) is 0 Å². The lowest BCUT2D eigenvalue weighted by molar-refractivity contribution is 0.508. The molecule has 8 aromatic carbocycles. The maximum Gasteiger partial charge on any atom is 0.0505 e. The number of para-hydroxylation sites is 2. The van der Waals surface area contributed by atoms with Crippen LogP contribution in [0, 0.1) is 0 Å². The molecule has 0 bridgehead atoms. The highest BCUT2D eigenvalue weighted by Gasteiger charge is 2.49. The fraction of sp³-hybridized carbons (Fsp3) is 0.143. The fourth-order valence-corrected chi connectivity index (χ4v) is 10.8. The van der Waals surface area contributed by atoms with Crippen LogP contribution in [-0.4, -0.2) is 0 Å². The van der Waals surface area contributed by atoms with E-state index in [1.54, 1.807) is 0 Å². The minimum atomic E-state index is -0.152. The Morgan fingerprint density at radius 3 is 1.50 bits per heavy atom. The van der Waals surface area contributed by atoms with Crippen molar-refractivity contribution in [1.29, 1.82) is 0 Å². The van der Waals surface area contributed by atoms with Crippen molar-refractivity contribution in [2.75, 3.05) is 9.80 Å². The minimum Gasteiger partial charge on any atom is -0.310 e. The van der Waals surface area contributed by atoms with E-state index in [2.05, 4.69) is 218 Å². The Balaban J connectivity index is 1.14. The molecule has 2 nitrogen and oxygen atoms in total. The number of benzene rings is 8. The second-order valence-corrected chi connectivity index (χ2v) is 16.9. The monoisotopic (exact) mass is 746 g/mol. The van der Waals surface area contributed by atoms with Crippen molar-refractivity contribution in [3.8, 4) is 22.3 Å². The number of hydrogen-bond donors (Lipinski definition) is 0. The van der Waals surface area contributed by atoms with Crippen LogP contribution in [0.2, 0.25) is 0 Å². The lowest BCUT2D eigenvalue weighted by Gasteiger charge is -2.37. The molecule has 2 heteroatoms. The third-order valence-corrected chi connectivity index (χ3v) is 13.4. The Hall–Kier alpha value is -6.64. The summed E-state index contributed by atoms with van der Waals surface area (Å²) in [6.45, 7) is 4.78. The Bertz CT molecular complexity index is 2780. The van der Waals surface area contributed by atoms with Gasteiger partial charge in [0, 0.05) is 33.6 Å². The van der Waals surface area contributed by atoms with E-state index >= 15 is 0 Å². The number of fused-ring (bicyclic) bond motifs is 7. The van der Waals surface area contributed by atoms with E-state index in [1.807, 2.05) is 0 Å². The predicted octanol–water partition coefficient (Wildman–Crippen LogP) is 14.8. The highest BCUT2D eigenvalue weighted by molar-refractivity contribution is 5.89. The van der Waals surface area contributed by atoms with Gasteiger partial charge in [-0.1, -0.05) is 147 Å². The van der Waals surface area contributed by atoms with Crippen molar-refractivity contribution < 1.29 is 0 Å². The van der Waals surface area contributed by atoms with E-state index in [0.29, 0.717) is 0 Å². The van der Waals surface area contributed by atoms with Gasteiger partial charge in [-0.3, -0.25) is 0 Å². The summed E-state index contributed by atoms with van der Waals surface area (Å²) in [5.74, 6) is 0. The minimum absolute atomic E-state index is 0.114. The summed E-state index contributed by atoms with van der Waals surface area (Å²) in [6, 6.07) is 72.2.